The maximum atomic E-state index is 13.3. The summed E-state index contributed by atoms with van der Waals surface area (Å²) in [6, 6.07) is 4.64. The molecule has 1 aromatic carbocycles. The maximum Gasteiger partial charge on any atom is 0.137 e. The summed E-state index contributed by atoms with van der Waals surface area (Å²) in [4.78, 5) is 4.27. The van der Waals surface area contributed by atoms with E-state index in [0.717, 1.165) is 10.7 Å². The Bertz CT molecular complexity index is 529. The minimum Gasteiger partial charge on any atom is -0.388 e. The van der Waals surface area contributed by atoms with E-state index in [1.165, 1.54) is 6.07 Å². The molecule has 90 valence electrons. The van der Waals surface area contributed by atoms with Gasteiger partial charge in [0.15, 0.2) is 0 Å². The zero-order chi connectivity index (χ0) is 12.4. The molecule has 0 saturated heterocycles. The normalized spacial score (nSPS) is 12.7. The van der Waals surface area contributed by atoms with Crippen molar-refractivity contribution in [3.05, 3.63) is 50.1 Å². The summed E-state index contributed by atoms with van der Waals surface area (Å²) in [5.41, 5.74) is 1.40. The molecule has 1 heterocycles. The van der Waals surface area contributed by atoms with Gasteiger partial charge in [-0.2, -0.15) is 0 Å². The van der Waals surface area contributed by atoms with Crippen LogP contribution in [0.4, 0.5) is 4.39 Å². The maximum absolute atomic E-state index is 13.3. The van der Waals surface area contributed by atoms with E-state index < -0.39 is 6.10 Å². The Labute approximate surface area is 111 Å². The minimum absolute atomic E-state index is 0.365. The van der Waals surface area contributed by atoms with Crippen molar-refractivity contribution in [3.63, 3.8) is 0 Å². The van der Waals surface area contributed by atoms with Crippen molar-refractivity contribution in [1.29, 1.82) is 0 Å². The predicted octanol–water partition coefficient (Wildman–Crippen LogP) is 3.63. The number of aliphatic hydroxyl groups is 1. The zero-order valence-electron chi connectivity index (χ0n) is 9.15. The standard InChI is InChI=1S/C12H11BrFNOS/c1-7-15-9(6-17-7)5-12(16)8-2-3-10(13)11(14)4-8/h2-4,6,12,16H,5H2,1H3. The van der Waals surface area contributed by atoms with Gasteiger partial charge in [-0.05, 0) is 40.5 Å². The fraction of sp³-hybridized carbons (Fsp3) is 0.250. The smallest absolute Gasteiger partial charge is 0.137 e. The fourth-order valence-electron chi connectivity index (χ4n) is 1.54. The van der Waals surface area contributed by atoms with Crippen LogP contribution in [0.5, 0.6) is 0 Å². The van der Waals surface area contributed by atoms with Crippen molar-refractivity contribution in [2.75, 3.05) is 0 Å². The predicted molar refractivity (Wildman–Crippen MR) is 69.6 cm³/mol. The van der Waals surface area contributed by atoms with Crippen LogP contribution in [0.25, 0.3) is 0 Å². The molecule has 1 aromatic heterocycles. The lowest BCUT2D eigenvalue weighted by atomic mass is 10.1. The van der Waals surface area contributed by atoms with E-state index in [9.17, 15) is 9.50 Å². The van der Waals surface area contributed by atoms with Crippen LogP contribution in [-0.4, -0.2) is 10.1 Å². The van der Waals surface area contributed by atoms with Crippen LogP contribution in [0.15, 0.2) is 28.1 Å². The van der Waals surface area contributed by atoms with E-state index in [-0.39, 0.29) is 5.82 Å². The molecule has 5 heteroatoms. The van der Waals surface area contributed by atoms with Crippen LogP contribution >= 0.6 is 27.3 Å². The molecule has 0 aliphatic rings. The zero-order valence-corrected chi connectivity index (χ0v) is 11.6. The van der Waals surface area contributed by atoms with Crippen LogP contribution in [0.3, 0.4) is 0 Å². The number of aliphatic hydroxyl groups excluding tert-OH is 1. The molecule has 0 saturated carbocycles. The van der Waals surface area contributed by atoms with E-state index >= 15 is 0 Å². The van der Waals surface area contributed by atoms with Gasteiger partial charge in [0.1, 0.15) is 5.82 Å². The van der Waals surface area contributed by atoms with Crippen LogP contribution in [0.2, 0.25) is 0 Å². The highest BCUT2D eigenvalue weighted by atomic mass is 79.9. The summed E-state index contributed by atoms with van der Waals surface area (Å²) < 4.78 is 13.7. The van der Waals surface area contributed by atoms with Gasteiger partial charge in [-0.1, -0.05) is 6.07 Å². The first-order valence-electron chi connectivity index (χ1n) is 5.10. The Morgan fingerprint density at radius 2 is 2.29 bits per heavy atom. The lowest BCUT2D eigenvalue weighted by Crippen LogP contribution is -2.02. The van der Waals surface area contributed by atoms with Gasteiger partial charge < -0.3 is 5.11 Å². The molecule has 0 bridgehead atoms. The first-order chi connectivity index (χ1) is 8.06. The third kappa shape index (κ3) is 3.12. The largest absolute Gasteiger partial charge is 0.388 e. The van der Waals surface area contributed by atoms with Crippen molar-refractivity contribution in [2.45, 2.75) is 19.4 Å². The van der Waals surface area contributed by atoms with Crippen molar-refractivity contribution in [3.8, 4) is 0 Å². The quantitative estimate of drug-likeness (QED) is 0.938. The molecule has 0 spiro atoms. The summed E-state index contributed by atoms with van der Waals surface area (Å²) >= 11 is 4.62. The van der Waals surface area contributed by atoms with Gasteiger partial charge in [0.25, 0.3) is 0 Å². The van der Waals surface area contributed by atoms with E-state index in [0.29, 0.717) is 16.5 Å². The SMILES string of the molecule is Cc1nc(CC(O)c2ccc(Br)c(F)c2)cs1. The highest BCUT2D eigenvalue weighted by molar-refractivity contribution is 9.10. The van der Waals surface area contributed by atoms with Crippen LogP contribution in [-0.2, 0) is 6.42 Å². The Morgan fingerprint density at radius 3 is 2.88 bits per heavy atom. The number of aryl methyl sites for hydroxylation is 1. The summed E-state index contributed by atoms with van der Waals surface area (Å²) in [6.07, 6.45) is -0.315. The number of aromatic nitrogens is 1. The monoisotopic (exact) mass is 315 g/mol. The number of benzene rings is 1. The number of nitrogens with zero attached hydrogens (tertiary/aromatic N) is 1. The molecule has 2 nitrogen and oxygen atoms in total. The number of rotatable bonds is 3. The molecule has 0 aliphatic carbocycles. The summed E-state index contributed by atoms with van der Waals surface area (Å²) in [5, 5.41) is 12.9. The first kappa shape index (κ1) is 12.7. The molecule has 1 unspecified atom stereocenters. The van der Waals surface area contributed by atoms with E-state index in [1.54, 1.807) is 23.5 Å². The number of hydrogen-bond acceptors (Lipinski definition) is 3. The van der Waals surface area contributed by atoms with Gasteiger partial charge in [0, 0.05) is 11.8 Å². The second-order valence-corrected chi connectivity index (χ2v) is 5.67. The molecule has 0 fully saturated rings. The Morgan fingerprint density at radius 1 is 1.53 bits per heavy atom. The summed E-state index contributed by atoms with van der Waals surface area (Å²) in [6.45, 7) is 1.92. The molecule has 2 rings (SSSR count). The fourth-order valence-corrected chi connectivity index (χ4v) is 2.41. The minimum atomic E-state index is -0.723. The van der Waals surface area contributed by atoms with Crippen LogP contribution in [0, 0.1) is 12.7 Å². The highest BCUT2D eigenvalue weighted by Gasteiger charge is 2.12. The number of thiazole rings is 1. The highest BCUT2D eigenvalue weighted by Crippen LogP contribution is 2.23. The third-order valence-electron chi connectivity index (χ3n) is 2.40. The van der Waals surface area contributed by atoms with Crippen molar-refractivity contribution >= 4 is 27.3 Å². The Balaban J connectivity index is 2.14. The summed E-state index contributed by atoms with van der Waals surface area (Å²) in [7, 11) is 0. The third-order valence-corrected chi connectivity index (χ3v) is 3.86. The lowest BCUT2D eigenvalue weighted by molar-refractivity contribution is 0.177. The van der Waals surface area contributed by atoms with E-state index in [2.05, 4.69) is 20.9 Å². The first-order valence-corrected chi connectivity index (χ1v) is 6.77. The van der Waals surface area contributed by atoms with Gasteiger partial charge in [-0.25, -0.2) is 9.37 Å². The molecule has 0 amide bonds. The second-order valence-electron chi connectivity index (χ2n) is 3.75. The Hall–Kier alpha value is -0.780. The van der Waals surface area contributed by atoms with E-state index in [1.807, 2.05) is 12.3 Å². The molecule has 0 aliphatic heterocycles. The average molecular weight is 316 g/mol. The molecular formula is C12H11BrFNOS. The van der Waals surface area contributed by atoms with Crippen LogP contribution in [0.1, 0.15) is 22.4 Å². The molecule has 1 N–H and O–H groups in total. The molecular weight excluding hydrogens is 305 g/mol. The molecule has 1 atom stereocenters. The number of hydrogen-bond donors (Lipinski definition) is 1. The van der Waals surface area contributed by atoms with Gasteiger partial charge >= 0.3 is 0 Å². The number of halogens is 2. The van der Waals surface area contributed by atoms with E-state index in [4.69, 9.17) is 0 Å². The van der Waals surface area contributed by atoms with Crippen molar-refractivity contribution in [1.82, 2.24) is 4.98 Å². The lowest BCUT2D eigenvalue weighted by Gasteiger charge is -2.09. The van der Waals surface area contributed by atoms with Crippen molar-refractivity contribution < 1.29 is 9.50 Å². The molecule has 17 heavy (non-hydrogen) atoms. The molecule has 0 radical (unpaired) electrons. The molecule has 2 aromatic rings. The van der Waals surface area contributed by atoms with Gasteiger partial charge in [0.2, 0.25) is 0 Å². The summed E-state index contributed by atoms with van der Waals surface area (Å²) in [5.74, 6) is -0.365. The van der Waals surface area contributed by atoms with Gasteiger partial charge in [0.05, 0.1) is 21.3 Å². The average Bonchev–Trinajstić information content (AvgIpc) is 2.68. The Kier molecular flexibility index (Phi) is 3.91. The van der Waals surface area contributed by atoms with Gasteiger partial charge in [-0.15, -0.1) is 11.3 Å². The van der Waals surface area contributed by atoms with Gasteiger partial charge in [-0.3, -0.25) is 0 Å². The van der Waals surface area contributed by atoms with Crippen LogP contribution < -0.4 is 0 Å². The second kappa shape index (κ2) is 5.25. The topological polar surface area (TPSA) is 33.1 Å². The van der Waals surface area contributed by atoms with Crippen molar-refractivity contribution in [2.24, 2.45) is 0 Å².